The van der Waals surface area contributed by atoms with Crippen molar-refractivity contribution >= 4 is 12.7 Å². The lowest BCUT2D eigenvalue weighted by Gasteiger charge is -1.99. The highest BCUT2D eigenvalue weighted by Gasteiger charge is 1.99. The summed E-state index contributed by atoms with van der Waals surface area (Å²) in [6, 6.07) is 8.40. The summed E-state index contributed by atoms with van der Waals surface area (Å²) in [5, 5.41) is 0. The van der Waals surface area contributed by atoms with Gasteiger partial charge in [0.25, 0.3) is 0 Å². The van der Waals surface area contributed by atoms with Gasteiger partial charge < -0.3 is 4.98 Å². The largest absolute Gasteiger partial charge is 0.342 e. The Morgan fingerprint density at radius 2 is 1.93 bits per heavy atom. The van der Waals surface area contributed by atoms with Crippen LogP contribution in [0.5, 0.6) is 0 Å². The molecule has 69 valence electrons. The van der Waals surface area contributed by atoms with Gasteiger partial charge in [0.15, 0.2) is 0 Å². The second-order valence-electron chi connectivity index (χ2n) is 3.29. The molecule has 1 N–H and O–H groups in total. The minimum atomic E-state index is 0.950. The highest BCUT2D eigenvalue weighted by atomic mass is 14.9. The quantitative estimate of drug-likeness (QED) is 0.706. The molecular weight excluding hydrogens is 171 g/mol. The van der Waals surface area contributed by atoms with Crippen LogP contribution in [-0.2, 0) is 0 Å². The summed E-state index contributed by atoms with van der Waals surface area (Å²) in [6.07, 6.45) is 1.86. The third-order valence-electron chi connectivity index (χ3n) is 2.26. The van der Waals surface area contributed by atoms with Crippen LogP contribution in [0.25, 0.3) is 11.3 Å². The van der Waals surface area contributed by atoms with E-state index in [2.05, 4.69) is 41.5 Å². The lowest BCUT2D eigenvalue weighted by atomic mass is 9.73. The molecule has 0 saturated heterocycles. The van der Waals surface area contributed by atoms with E-state index in [0.29, 0.717) is 0 Å². The smallest absolute Gasteiger partial charge is 0.148 e. The maximum absolute atomic E-state index is 4.17. The van der Waals surface area contributed by atoms with Gasteiger partial charge in [0.2, 0.25) is 0 Å². The van der Waals surface area contributed by atoms with E-state index in [1.54, 1.807) is 0 Å². The number of aromatic nitrogens is 2. The number of H-pyrrole nitrogens is 1. The Kier molecular flexibility index (Phi) is 2.40. The summed E-state index contributed by atoms with van der Waals surface area (Å²) >= 11 is 0. The molecule has 0 aliphatic heterocycles. The number of hydrogen-bond acceptors (Lipinski definition) is 1. The molecule has 0 unspecified atom stereocenters. The van der Waals surface area contributed by atoms with Crippen LogP contribution in [0, 0.1) is 6.92 Å². The van der Waals surface area contributed by atoms with Gasteiger partial charge >= 0.3 is 0 Å². The molecule has 14 heavy (non-hydrogen) atoms. The van der Waals surface area contributed by atoms with E-state index in [0.717, 1.165) is 11.5 Å². The Morgan fingerprint density at radius 1 is 1.21 bits per heavy atom. The van der Waals surface area contributed by atoms with Crippen LogP contribution in [-0.4, -0.2) is 17.2 Å². The molecule has 0 spiro atoms. The SMILES string of the molecule is C[B]c1ccc(-c2cnc(C)[nH]2)cc1. The van der Waals surface area contributed by atoms with E-state index in [-0.39, 0.29) is 0 Å². The predicted octanol–water partition coefficient (Wildman–Crippen LogP) is 1.76. The molecule has 0 aliphatic rings. The predicted molar refractivity (Wildman–Crippen MR) is 60.0 cm³/mol. The number of nitrogens with zero attached hydrogens (tertiary/aromatic N) is 1. The van der Waals surface area contributed by atoms with Gasteiger partial charge in [-0.1, -0.05) is 36.6 Å². The van der Waals surface area contributed by atoms with Crippen molar-refractivity contribution in [3.8, 4) is 11.3 Å². The van der Waals surface area contributed by atoms with E-state index < -0.39 is 0 Å². The maximum Gasteiger partial charge on any atom is 0.148 e. The standard InChI is InChI=1S/C11H12BN2/c1-8-13-7-11(14-8)9-3-5-10(12-2)6-4-9/h3-7H,1-2H3,(H,13,14). The minimum Gasteiger partial charge on any atom is -0.342 e. The van der Waals surface area contributed by atoms with Crippen molar-refractivity contribution in [1.82, 2.24) is 9.97 Å². The van der Waals surface area contributed by atoms with E-state index in [1.165, 1.54) is 11.0 Å². The van der Waals surface area contributed by atoms with Crippen molar-refractivity contribution in [3.63, 3.8) is 0 Å². The maximum atomic E-state index is 4.17. The minimum absolute atomic E-state index is 0.950. The van der Waals surface area contributed by atoms with Gasteiger partial charge in [0.1, 0.15) is 13.1 Å². The molecule has 1 aromatic heterocycles. The Balaban J connectivity index is 2.33. The van der Waals surface area contributed by atoms with E-state index in [4.69, 9.17) is 0 Å². The zero-order valence-corrected chi connectivity index (χ0v) is 8.41. The zero-order chi connectivity index (χ0) is 9.97. The Hall–Kier alpha value is -1.51. The summed E-state index contributed by atoms with van der Waals surface area (Å²) < 4.78 is 0. The molecule has 1 heterocycles. The number of imidazole rings is 1. The van der Waals surface area contributed by atoms with Crippen molar-refractivity contribution in [2.24, 2.45) is 0 Å². The van der Waals surface area contributed by atoms with Crippen molar-refractivity contribution in [1.29, 1.82) is 0 Å². The number of rotatable bonds is 2. The molecule has 0 fully saturated rings. The molecule has 2 aromatic rings. The van der Waals surface area contributed by atoms with Gasteiger partial charge in [0.05, 0.1) is 11.9 Å². The lowest BCUT2D eigenvalue weighted by molar-refractivity contribution is 1.15. The average Bonchev–Trinajstić information content (AvgIpc) is 2.65. The van der Waals surface area contributed by atoms with Gasteiger partial charge in [-0.15, -0.1) is 0 Å². The molecule has 1 radical (unpaired) electrons. The molecule has 0 atom stereocenters. The first-order valence-corrected chi connectivity index (χ1v) is 4.71. The monoisotopic (exact) mass is 183 g/mol. The summed E-state index contributed by atoms with van der Waals surface area (Å²) in [6.45, 7) is 3.99. The number of aryl methyl sites for hydroxylation is 1. The highest BCUT2D eigenvalue weighted by molar-refractivity contribution is 6.51. The van der Waals surface area contributed by atoms with Gasteiger partial charge in [-0.2, -0.15) is 0 Å². The lowest BCUT2D eigenvalue weighted by Crippen LogP contribution is -2.08. The first kappa shape index (κ1) is 9.07. The Labute approximate surface area is 84.6 Å². The molecule has 3 heteroatoms. The van der Waals surface area contributed by atoms with Gasteiger partial charge in [0, 0.05) is 0 Å². The second-order valence-corrected chi connectivity index (χ2v) is 3.29. The fraction of sp³-hybridized carbons (Fsp3) is 0.182. The Bertz CT molecular complexity index is 417. The van der Waals surface area contributed by atoms with Crippen LogP contribution in [0.2, 0.25) is 6.82 Å². The summed E-state index contributed by atoms with van der Waals surface area (Å²) in [4.78, 5) is 7.38. The summed E-state index contributed by atoms with van der Waals surface area (Å²) in [7, 11) is 2.09. The molecule has 2 rings (SSSR count). The third-order valence-corrected chi connectivity index (χ3v) is 2.26. The molecule has 0 amide bonds. The molecular formula is C11H12BN2. The van der Waals surface area contributed by atoms with Crippen LogP contribution in [0.4, 0.5) is 0 Å². The van der Waals surface area contributed by atoms with E-state index >= 15 is 0 Å². The van der Waals surface area contributed by atoms with Gasteiger partial charge in [-0.05, 0) is 12.5 Å². The Morgan fingerprint density at radius 3 is 2.43 bits per heavy atom. The van der Waals surface area contributed by atoms with Crippen LogP contribution in [0.15, 0.2) is 30.5 Å². The highest BCUT2D eigenvalue weighted by Crippen LogP contribution is 2.14. The first-order chi connectivity index (χ1) is 6.79. The van der Waals surface area contributed by atoms with Crippen molar-refractivity contribution in [2.45, 2.75) is 13.7 Å². The van der Waals surface area contributed by atoms with E-state index in [1.807, 2.05) is 19.9 Å². The second kappa shape index (κ2) is 3.70. The van der Waals surface area contributed by atoms with Crippen LogP contribution in [0.1, 0.15) is 5.82 Å². The van der Waals surface area contributed by atoms with Crippen LogP contribution >= 0.6 is 0 Å². The normalized spacial score (nSPS) is 10.1. The average molecular weight is 183 g/mol. The molecule has 0 saturated carbocycles. The van der Waals surface area contributed by atoms with Gasteiger partial charge in [-0.3, -0.25) is 0 Å². The number of hydrogen-bond donors (Lipinski definition) is 1. The molecule has 0 bridgehead atoms. The number of aromatic amines is 1. The van der Waals surface area contributed by atoms with E-state index in [9.17, 15) is 0 Å². The fourth-order valence-electron chi connectivity index (χ4n) is 1.42. The van der Waals surface area contributed by atoms with Crippen molar-refractivity contribution in [3.05, 3.63) is 36.3 Å². The fourth-order valence-corrected chi connectivity index (χ4v) is 1.42. The topological polar surface area (TPSA) is 28.7 Å². The van der Waals surface area contributed by atoms with Crippen molar-refractivity contribution in [2.75, 3.05) is 0 Å². The van der Waals surface area contributed by atoms with Crippen LogP contribution in [0.3, 0.4) is 0 Å². The zero-order valence-electron chi connectivity index (χ0n) is 8.41. The van der Waals surface area contributed by atoms with Crippen molar-refractivity contribution < 1.29 is 0 Å². The third kappa shape index (κ3) is 1.71. The first-order valence-electron chi connectivity index (χ1n) is 4.71. The van der Waals surface area contributed by atoms with Gasteiger partial charge in [-0.25, -0.2) is 4.98 Å². The molecule has 2 nitrogen and oxygen atoms in total. The summed E-state index contributed by atoms with van der Waals surface area (Å²) in [5.74, 6) is 0.950. The van der Waals surface area contributed by atoms with Crippen LogP contribution < -0.4 is 5.46 Å². The number of benzene rings is 1. The molecule has 1 aromatic carbocycles. The molecule has 0 aliphatic carbocycles. The number of nitrogens with one attached hydrogen (secondary N) is 1. The summed E-state index contributed by atoms with van der Waals surface area (Å²) in [5.41, 5.74) is 3.49.